The van der Waals surface area contributed by atoms with E-state index in [-0.39, 0.29) is 0 Å². The van der Waals surface area contributed by atoms with Crippen molar-refractivity contribution in [1.82, 2.24) is 9.55 Å². The summed E-state index contributed by atoms with van der Waals surface area (Å²) < 4.78 is 6.54. The van der Waals surface area contributed by atoms with Crippen LogP contribution in [0.2, 0.25) is 0 Å². The van der Waals surface area contributed by atoms with Gasteiger partial charge in [-0.25, -0.2) is 4.98 Å². The fourth-order valence-electron chi connectivity index (χ4n) is 0.876. The van der Waals surface area contributed by atoms with Crippen LogP contribution in [-0.4, -0.2) is 15.9 Å². The van der Waals surface area contributed by atoms with Crippen LogP contribution in [0.4, 0.5) is 0 Å². The second-order valence-corrected chi connectivity index (χ2v) is 1.89. The van der Waals surface area contributed by atoms with Crippen LogP contribution in [-0.2, 0) is 0 Å². The number of hydrogen-bond donors (Lipinski definition) is 1. The van der Waals surface area contributed by atoms with Gasteiger partial charge in [0.1, 0.15) is 5.52 Å². The molecule has 0 aliphatic heterocycles. The van der Waals surface area contributed by atoms with Crippen LogP contribution in [0.25, 0.3) is 11.2 Å². The lowest BCUT2D eigenvalue weighted by molar-refractivity contribution is 0.585. The maximum Gasteiger partial charge on any atom is 0.232 e. The van der Waals surface area contributed by atoms with Crippen LogP contribution < -0.4 is 0 Å². The minimum atomic E-state index is 0.620. The molecule has 2 aromatic heterocycles. The molecule has 2 rings (SSSR count). The van der Waals surface area contributed by atoms with Gasteiger partial charge in [0.25, 0.3) is 0 Å². The highest BCUT2D eigenvalue weighted by atomic mass is 16.3. The zero-order chi connectivity index (χ0) is 6.97. The molecule has 0 aliphatic carbocycles. The highest BCUT2D eigenvalue weighted by Gasteiger charge is 2.00. The molecule has 4 nitrogen and oxygen atoms in total. The van der Waals surface area contributed by atoms with Crippen molar-refractivity contribution in [3.8, 4) is 0 Å². The van der Waals surface area contributed by atoms with Crippen LogP contribution in [0.15, 0.2) is 23.1 Å². The minimum Gasteiger partial charge on any atom is -0.426 e. The van der Waals surface area contributed by atoms with Crippen molar-refractivity contribution in [3.05, 3.63) is 18.7 Å². The zero-order valence-electron chi connectivity index (χ0n) is 5.11. The second kappa shape index (κ2) is 1.70. The average Bonchev–Trinajstić information content (AvgIpc) is 2.44. The number of hydrogen-bond acceptors (Lipinski definition) is 3. The molecule has 4 heteroatoms. The summed E-state index contributed by atoms with van der Waals surface area (Å²) in [5.41, 5.74) is 1.40. The summed E-state index contributed by atoms with van der Waals surface area (Å²) in [5.74, 6) is 0. The number of oxazole rings is 1. The second-order valence-electron chi connectivity index (χ2n) is 1.89. The Morgan fingerprint density at radius 3 is 3.40 bits per heavy atom. The quantitative estimate of drug-likeness (QED) is 0.470. The van der Waals surface area contributed by atoms with Crippen LogP contribution in [0.1, 0.15) is 0 Å². The summed E-state index contributed by atoms with van der Waals surface area (Å²) in [6.07, 6.45) is 4.27. The molecule has 0 amide bonds. The fourth-order valence-corrected chi connectivity index (χ4v) is 0.876. The Hall–Kier alpha value is -1.58. The molecule has 0 unspecified atom stereocenters. The van der Waals surface area contributed by atoms with E-state index in [0.717, 1.165) is 5.52 Å². The monoisotopic (exact) mass is 135 g/mol. The van der Waals surface area contributed by atoms with E-state index < -0.39 is 0 Å². The van der Waals surface area contributed by atoms with Crippen molar-refractivity contribution in [2.75, 3.05) is 0 Å². The van der Waals surface area contributed by atoms with E-state index in [4.69, 9.17) is 9.83 Å². The van der Waals surface area contributed by atoms with Crippen molar-refractivity contribution in [3.63, 3.8) is 0 Å². The first-order valence-electron chi connectivity index (χ1n) is 2.82. The van der Waals surface area contributed by atoms with Crippen LogP contribution in [0.5, 0.6) is 0 Å². The van der Waals surface area contributed by atoms with Crippen LogP contribution in [0, 0.1) is 5.41 Å². The molecule has 0 spiro atoms. The summed E-state index contributed by atoms with van der Waals surface area (Å²) in [5, 5.41) is 6.93. The number of nitrogens with one attached hydrogen (secondary N) is 1. The molecule has 0 saturated carbocycles. The smallest absolute Gasteiger partial charge is 0.232 e. The molecule has 2 heterocycles. The van der Waals surface area contributed by atoms with Crippen molar-refractivity contribution in [2.45, 2.75) is 0 Å². The van der Waals surface area contributed by atoms with Gasteiger partial charge in [0.05, 0.1) is 6.34 Å². The van der Waals surface area contributed by atoms with Crippen molar-refractivity contribution >= 4 is 17.6 Å². The third-order valence-corrected chi connectivity index (χ3v) is 1.34. The van der Waals surface area contributed by atoms with E-state index in [1.807, 2.05) is 0 Å². The number of fused-ring (bicyclic) bond motifs is 1. The molecule has 2 aromatic rings. The Balaban J connectivity index is 2.88. The Kier molecular flexibility index (Phi) is 0.887. The lowest BCUT2D eigenvalue weighted by Crippen LogP contribution is -1.87. The first kappa shape index (κ1) is 5.22. The van der Waals surface area contributed by atoms with E-state index in [9.17, 15) is 0 Å². The molecule has 0 aliphatic rings. The summed E-state index contributed by atoms with van der Waals surface area (Å²) in [6, 6.07) is 1.80. The third-order valence-electron chi connectivity index (χ3n) is 1.34. The van der Waals surface area contributed by atoms with E-state index in [2.05, 4.69) is 4.98 Å². The molecule has 0 aromatic carbocycles. The third kappa shape index (κ3) is 0.500. The molecule has 50 valence electrons. The van der Waals surface area contributed by atoms with Crippen molar-refractivity contribution < 1.29 is 4.42 Å². The topological polar surface area (TPSA) is 54.8 Å². The molecular formula is C6H5N3O. The highest BCUT2D eigenvalue weighted by molar-refractivity contribution is 5.77. The van der Waals surface area contributed by atoms with Gasteiger partial charge >= 0.3 is 0 Å². The van der Waals surface area contributed by atoms with Crippen molar-refractivity contribution in [2.24, 2.45) is 0 Å². The average molecular weight is 135 g/mol. The van der Waals surface area contributed by atoms with Crippen molar-refractivity contribution in [1.29, 1.82) is 5.41 Å². The normalized spacial score (nSPS) is 10.4. The lowest BCUT2D eigenvalue weighted by atomic mass is 10.6. The molecule has 1 N–H and O–H groups in total. The summed E-state index contributed by atoms with van der Waals surface area (Å²) in [7, 11) is 0. The predicted molar refractivity (Wildman–Crippen MR) is 36.2 cm³/mol. The maximum atomic E-state index is 6.93. The molecule has 0 radical (unpaired) electrons. The first-order chi connectivity index (χ1) is 4.92. The van der Waals surface area contributed by atoms with Crippen LogP contribution >= 0.6 is 0 Å². The standard InChI is InChI=1S/C6H5N3O/c7-3-9-2-1-5-6(9)10-4-8-5/h1-4,7H. The largest absolute Gasteiger partial charge is 0.426 e. The summed E-state index contributed by atoms with van der Waals surface area (Å²) in [4.78, 5) is 3.90. The molecule has 0 bridgehead atoms. The van der Waals surface area contributed by atoms with E-state index >= 15 is 0 Å². The minimum absolute atomic E-state index is 0.620. The van der Waals surface area contributed by atoms with Gasteiger partial charge in [-0.1, -0.05) is 0 Å². The molecule has 0 saturated heterocycles. The Morgan fingerprint density at radius 1 is 1.70 bits per heavy atom. The predicted octanol–water partition coefficient (Wildman–Crippen LogP) is 1.08. The number of rotatable bonds is 1. The SMILES string of the molecule is N=Cn1ccc2ncoc21. The number of aromatic nitrogens is 2. The zero-order valence-corrected chi connectivity index (χ0v) is 5.11. The van der Waals surface area contributed by atoms with Crippen LogP contribution in [0.3, 0.4) is 0 Å². The van der Waals surface area contributed by atoms with Gasteiger partial charge in [-0.15, -0.1) is 0 Å². The highest BCUT2D eigenvalue weighted by Crippen LogP contribution is 2.10. The van der Waals surface area contributed by atoms with E-state index in [1.54, 1.807) is 16.8 Å². The summed E-state index contributed by atoms with van der Waals surface area (Å²) in [6.45, 7) is 0. The lowest BCUT2D eigenvalue weighted by Gasteiger charge is -1.85. The Bertz CT molecular complexity index is 360. The van der Waals surface area contributed by atoms with Gasteiger partial charge in [-0.05, 0) is 6.07 Å². The van der Waals surface area contributed by atoms with Gasteiger partial charge < -0.3 is 4.42 Å². The fraction of sp³-hybridized carbons (Fsp3) is 0. The van der Waals surface area contributed by atoms with E-state index in [0.29, 0.717) is 5.71 Å². The van der Waals surface area contributed by atoms with Gasteiger partial charge in [0, 0.05) is 6.20 Å². The maximum absolute atomic E-state index is 6.93. The molecule has 10 heavy (non-hydrogen) atoms. The summed E-state index contributed by atoms with van der Waals surface area (Å²) >= 11 is 0. The first-order valence-corrected chi connectivity index (χ1v) is 2.82. The van der Waals surface area contributed by atoms with Gasteiger partial charge in [-0.3, -0.25) is 9.98 Å². The van der Waals surface area contributed by atoms with Gasteiger partial charge in [0.15, 0.2) is 6.39 Å². The number of nitrogens with zero attached hydrogens (tertiary/aromatic N) is 2. The van der Waals surface area contributed by atoms with Gasteiger partial charge in [0.2, 0.25) is 5.71 Å². The Morgan fingerprint density at radius 2 is 2.60 bits per heavy atom. The Labute approximate surface area is 56.6 Å². The molecule has 0 atom stereocenters. The van der Waals surface area contributed by atoms with E-state index in [1.165, 1.54) is 12.7 Å². The molecule has 0 fully saturated rings. The molecular weight excluding hydrogens is 130 g/mol. The van der Waals surface area contributed by atoms with Gasteiger partial charge in [-0.2, -0.15) is 0 Å².